The summed E-state index contributed by atoms with van der Waals surface area (Å²) in [4.78, 5) is 32.2. The molecule has 0 aliphatic carbocycles. The summed E-state index contributed by atoms with van der Waals surface area (Å²) < 4.78 is 4.90. The Morgan fingerprint density at radius 2 is 2.07 bits per heavy atom. The summed E-state index contributed by atoms with van der Waals surface area (Å²) in [5, 5.41) is 14.3. The van der Waals surface area contributed by atoms with Gasteiger partial charge in [-0.05, 0) is 23.6 Å². The number of hydrogen-bond donors (Lipinski definition) is 2. The van der Waals surface area contributed by atoms with Crippen LogP contribution in [-0.2, 0) is 21.6 Å². The first-order valence-electron chi connectivity index (χ1n) is 10.1. The van der Waals surface area contributed by atoms with Crippen LogP contribution in [0, 0.1) is 0 Å². The molecule has 2 fully saturated rings. The van der Waals surface area contributed by atoms with Crippen LogP contribution in [0.4, 0.5) is 4.79 Å². The zero-order chi connectivity index (χ0) is 21.0. The summed E-state index contributed by atoms with van der Waals surface area (Å²) in [5.41, 5.74) is 1.03. The van der Waals surface area contributed by atoms with Gasteiger partial charge in [-0.1, -0.05) is 36.4 Å². The fourth-order valence-corrected chi connectivity index (χ4v) is 4.21. The number of likely N-dealkylation sites (tertiary alicyclic amines) is 1. The zero-order valence-corrected chi connectivity index (χ0v) is 16.7. The van der Waals surface area contributed by atoms with Crippen molar-refractivity contribution in [1.29, 1.82) is 0 Å². The molecule has 8 nitrogen and oxygen atoms in total. The highest BCUT2D eigenvalue weighted by atomic mass is 16.6. The number of cyclic esters (lactones) is 1. The van der Waals surface area contributed by atoms with Gasteiger partial charge in [0.1, 0.15) is 13.2 Å². The number of hydrogen-bond acceptors (Lipinski definition) is 6. The number of carbonyl (C=O) groups is 2. The minimum atomic E-state index is -0.909. The van der Waals surface area contributed by atoms with Gasteiger partial charge in [-0.25, -0.2) is 4.79 Å². The molecule has 30 heavy (non-hydrogen) atoms. The van der Waals surface area contributed by atoms with Gasteiger partial charge in [-0.2, -0.15) is 0 Å². The molecule has 2 atom stereocenters. The fourth-order valence-electron chi connectivity index (χ4n) is 4.21. The van der Waals surface area contributed by atoms with Crippen LogP contribution in [0.15, 0.2) is 54.9 Å². The van der Waals surface area contributed by atoms with Gasteiger partial charge in [0.15, 0.2) is 0 Å². The fraction of sp³-hybridized carbons (Fsp3) is 0.409. The second kappa shape index (κ2) is 8.81. The third-order valence-electron chi connectivity index (χ3n) is 5.78. The van der Waals surface area contributed by atoms with E-state index < -0.39 is 17.7 Å². The molecule has 3 heterocycles. The zero-order valence-electron chi connectivity index (χ0n) is 16.7. The Balaban J connectivity index is 1.50. The number of carbonyl (C=O) groups excluding carboxylic acids is 2. The van der Waals surface area contributed by atoms with Gasteiger partial charge >= 0.3 is 6.09 Å². The Hall–Kier alpha value is -2.97. The Kier molecular flexibility index (Phi) is 5.96. The minimum Gasteiger partial charge on any atom is -0.448 e. The van der Waals surface area contributed by atoms with Crippen molar-refractivity contribution >= 4 is 12.0 Å². The number of aromatic nitrogens is 1. The lowest BCUT2D eigenvalue weighted by molar-refractivity contribution is -0.127. The molecule has 4 rings (SSSR count). The number of benzene rings is 1. The van der Waals surface area contributed by atoms with E-state index in [9.17, 15) is 14.7 Å². The highest BCUT2D eigenvalue weighted by molar-refractivity contribution is 5.83. The van der Waals surface area contributed by atoms with E-state index in [4.69, 9.17) is 4.74 Å². The van der Waals surface area contributed by atoms with Crippen molar-refractivity contribution in [2.75, 3.05) is 32.8 Å². The molecule has 2 amide bonds. The smallest absolute Gasteiger partial charge is 0.410 e. The van der Waals surface area contributed by atoms with Gasteiger partial charge in [-0.15, -0.1) is 0 Å². The van der Waals surface area contributed by atoms with Crippen molar-refractivity contribution in [2.24, 2.45) is 0 Å². The lowest BCUT2D eigenvalue weighted by Crippen LogP contribution is -2.62. The molecule has 0 unspecified atom stereocenters. The molecule has 0 spiro atoms. The van der Waals surface area contributed by atoms with Crippen LogP contribution in [-0.4, -0.2) is 70.8 Å². The van der Waals surface area contributed by atoms with Crippen molar-refractivity contribution < 1.29 is 19.4 Å². The normalized spacial score (nSPS) is 24.5. The van der Waals surface area contributed by atoms with Crippen molar-refractivity contribution in [1.82, 2.24) is 20.1 Å². The first-order valence-corrected chi connectivity index (χ1v) is 10.1. The molecule has 1 aromatic heterocycles. The quantitative estimate of drug-likeness (QED) is 0.741. The molecule has 2 saturated heterocycles. The van der Waals surface area contributed by atoms with E-state index in [1.54, 1.807) is 6.20 Å². The van der Waals surface area contributed by atoms with Crippen LogP contribution in [0.25, 0.3) is 0 Å². The monoisotopic (exact) mass is 410 g/mol. The molecule has 158 valence electrons. The summed E-state index contributed by atoms with van der Waals surface area (Å²) in [6.07, 6.45) is 2.82. The number of piperidine rings is 1. The number of amides is 2. The van der Waals surface area contributed by atoms with Gasteiger partial charge in [0, 0.05) is 32.0 Å². The maximum atomic E-state index is 12.8. The number of β-amino-alcohol motifs (C(OH)–C–C–N with tert-alkyl or cyclic N) is 1. The standard InChI is InChI=1S/C22H26N4O4/c27-19-15-25(14-17-5-4-9-23-13-17)10-8-22(19,18-6-2-1-3-7-18)24-20(28)16-26-11-12-30-21(26)29/h1-7,9,13,19,27H,8,10-12,14-16H2,(H,24,28)/t19-,22-/m1/s1. The first kappa shape index (κ1) is 20.3. The number of aliphatic hydroxyl groups is 1. The predicted molar refractivity (Wildman–Crippen MR) is 109 cm³/mol. The van der Waals surface area contributed by atoms with Crippen LogP contribution in [0.5, 0.6) is 0 Å². The summed E-state index contributed by atoms with van der Waals surface area (Å²) in [6, 6.07) is 13.5. The Morgan fingerprint density at radius 3 is 2.73 bits per heavy atom. The molecule has 0 saturated carbocycles. The number of aliphatic hydroxyl groups excluding tert-OH is 1. The lowest BCUT2D eigenvalue weighted by atomic mass is 9.78. The van der Waals surface area contributed by atoms with Crippen LogP contribution >= 0.6 is 0 Å². The SMILES string of the molecule is O=C(CN1CCOC1=O)N[C@@]1(c2ccccc2)CCN(Cc2cccnc2)C[C@H]1O. The van der Waals surface area contributed by atoms with Gasteiger partial charge < -0.3 is 15.2 Å². The molecule has 1 aromatic carbocycles. The van der Waals surface area contributed by atoms with Gasteiger partial charge in [0.2, 0.25) is 5.91 Å². The number of rotatable bonds is 6. The number of pyridine rings is 1. The molecule has 2 N–H and O–H groups in total. The van der Waals surface area contributed by atoms with Crippen molar-refractivity contribution in [3.63, 3.8) is 0 Å². The average molecular weight is 410 g/mol. The van der Waals surface area contributed by atoms with E-state index in [0.29, 0.717) is 39.2 Å². The highest BCUT2D eigenvalue weighted by Gasteiger charge is 2.45. The van der Waals surface area contributed by atoms with E-state index in [0.717, 1.165) is 11.1 Å². The predicted octanol–water partition coefficient (Wildman–Crippen LogP) is 1.11. The maximum absolute atomic E-state index is 12.8. The van der Waals surface area contributed by atoms with Crippen LogP contribution in [0.2, 0.25) is 0 Å². The van der Waals surface area contributed by atoms with E-state index in [1.165, 1.54) is 4.90 Å². The molecule has 2 aliphatic heterocycles. The number of nitrogens with one attached hydrogen (secondary N) is 1. The van der Waals surface area contributed by atoms with Gasteiger partial charge in [0.25, 0.3) is 0 Å². The second-order valence-electron chi connectivity index (χ2n) is 7.78. The summed E-state index contributed by atoms with van der Waals surface area (Å²) in [6.45, 7) is 2.40. The van der Waals surface area contributed by atoms with Gasteiger partial charge in [0.05, 0.1) is 18.2 Å². The summed E-state index contributed by atoms with van der Waals surface area (Å²) >= 11 is 0. The van der Waals surface area contributed by atoms with E-state index >= 15 is 0 Å². The highest BCUT2D eigenvalue weighted by Crippen LogP contribution is 2.34. The second-order valence-corrected chi connectivity index (χ2v) is 7.78. The van der Waals surface area contributed by atoms with E-state index in [1.807, 2.05) is 48.7 Å². The molecular formula is C22H26N4O4. The van der Waals surface area contributed by atoms with Crippen LogP contribution in [0.3, 0.4) is 0 Å². The maximum Gasteiger partial charge on any atom is 0.410 e. The lowest BCUT2D eigenvalue weighted by Gasteiger charge is -2.46. The Labute approximate surface area is 175 Å². The average Bonchev–Trinajstić information content (AvgIpc) is 3.16. The van der Waals surface area contributed by atoms with Crippen molar-refractivity contribution in [3.05, 3.63) is 66.0 Å². The van der Waals surface area contributed by atoms with E-state index in [-0.39, 0.29) is 12.5 Å². The third kappa shape index (κ3) is 4.29. The third-order valence-corrected chi connectivity index (χ3v) is 5.78. The molecular weight excluding hydrogens is 384 g/mol. The van der Waals surface area contributed by atoms with Crippen LogP contribution < -0.4 is 5.32 Å². The molecule has 0 bridgehead atoms. The molecule has 8 heteroatoms. The van der Waals surface area contributed by atoms with E-state index in [2.05, 4.69) is 15.2 Å². The Bertz CT molecular complexity index is 879. The summed E-state index contributed by atoms with van der Waals surface area (Å²) in [5.74, 6) is -0.308. The molecule has 0 radical (unpaired) electrons. The number of ether oxygens (including phenoxy) is 1. The molecule has 2 aliphatic rings. The van der Waals surface area contributed by atoms with Crippen molar-refractivity contribution in [2.45, 2.75) is 24.6 Å². The summed E-state index contributed by atoms with van der Waals surface area (Å²) in [7, 11) is 0. The topological polar surface area (TPSA) is 95.0 Å². The van der Waals surface area contributed by atoms with Crippen molar-refractivity contribution in [3.8, 4) is 0 Å². The molecule has 2 aromatic rings. The van der Waals surface area contributed by atoms with Crippen LogP contribution in [0.1, 0.15) is 17.5 Å². The largest absolute Gasteiger partial charge is 0.448 e. The van der Waals surface area contributed by atoms with Gasteiger partial charge in [-0.3, -0.25) is 19.6 Å². The Morgan fingerprint density at radius 1 is 1.23 bits per heavy atom. The number of nitrogens with zero attached hydrogens (tertiary/aromatic N) is 3. The first-order chi connectivity index (χ1) is 14.6. The minimum absolute atomic E-state index is 0.0838.